The van der Waals surface area contributed by atoms with E-state index in [1.165, 1.54) is 5.56 Å². The molecule has 0 spiro atoms. The number of nitrogens with two attached hydrogens (primary N) is 1. The molecule has 1 atom stereocenters. The van der Waals surface area contributed by atoms with Crippen molar-refractivity contribution in [1.29, 1.82) is 0 Å². The molecule has 3 rings (SSSR count). The van der Waals surface area contributed by atoms with Crippen molar-refractivity contribution in [3.63, 3.8) is 0 Å². The topological polar surface area (TPSA) is 61.0 Å². The predicted molar refractivity (Wildman–Crippen MR) is 86.6 cm³/mol. The Kier molecular flexibility index (Phi) is 3.85. The van der Waals surface area contributed by atoms with Crippen LogP contribution in [0.2, 0.25) is 0 Å². The van der Waals surface area contributed by atoms with E-state index in [-0.39, 0.29) is 5.92 Å². The number of aromatic nitrogens is 2. The number of nitrogen functional groups attached to an aromatic ring is 1. The van der Waals surface area contributed by atoms with Crippen LogP contribution in [0, 0.1) is 0 Å². The van der Waals surface area contributed by atoms with Crippen molar-refractivity contribution in [2.75, 3.05) is 12.3 Å². The molecule has 1 aliphatic heterocycles. The lowest BCUT2D eigenvalue weighted by Gasteiger charge is -2.25. The highest BCUT2D eigenvalue weighted by Gasteiger charge is 2.25. The summed E-state index contributed by atoms with van der Waals surface area (Å²) in [7, 11) is 0. The Bertz CT molecular complexity index is 673. The van der Waals surface area contributed by atoms with E-state index >= 15 is 0 Å². The van der Waals surface area contributed by atoms with Gasteiger partial charge in [-0.1, -0.05) is 32.0 Å². The zero-order valence-electron chi connectivity index (χ0n) is 12.1. The van der Waals surface area contributed by atoms with Gasteiger partial charge in [0, 0.05) is 0 Å². The van der Waals surface area contributed by atoms with Gasteiger partial charge in [0.15, 0.2) is 0 Å². The van der Waals surface area contributed by atoms with E-state index in [9.17, 15) is 0 Å². The number of halogens is 1. The zero-order valence-corrected chi connectivity index (χ0v) is 13.7. The van der Waals surface area contributed by atoms with E-state index in [2.05, 4.69) is 40.8 Å². The van der Waals surface area contributed by atoms with E-state index in [4.69, 9.17) is 15.5 Å². The Balaban J connectivity index is 1.95. The second kappa shape index (κ2) is 5.64. The minimum absolute atomic E-state index is 0.146. The molecule has 2 N–H and O–H groups in total. The number of hydrogen-bond acceptors (Lipinski definition) is 4. The summed E-state index contributed by atoms with van der Waals surface area (Å²) in [6.45, 7) is 4.79. The third kappa shape index (κ3) is 2.75. The first-order valence-corrected chi connectivity index (χ1v) is 7.89. The van der Waals surface area contributed by atoms with Crippen molar-refractivity contribution in [3.8, 4) is 5.75 Å². The summed E-state index contributed by atoms with van der Waals surface area (Å²) >= 11 is 3.48. The van der Waals surface area contributed by atoms with Gasteiger partial charge in [0.1, 0.15) is 17.4 Å². The summed E-state index contributed by atoms with van der Waals surface area (Å²) in [6.07, 6.45) is 0.884. The van der Waals surface area contributed by atoms with Crippen LogP contribution in [0.4, 0.5) is 5.82 Å². The van der Waals surface area contributed by atoms with Gasteiger partial charge in [-0.3, -0.25) is 0 Å². The molecular weight excluding hydrogens is 330 g/mol. The van der Waals surface area contributed by atoms with E-state index < -0.39 is 0 Å². The number of fused-ring (bicyclic) bond motifs is 1. The molecule has 1 unspecified atom stereocenters. The molecule has 0 saturated carbocycles. The van der Waals surface area contributed by atoms with Crippen LogP contribution in [0.25, 0.3) is 0 Å². The molecule has 0 saturated heterocycles. The van der Waals surface area contributed by atoms with Crippen LogP contribution < -0.4 is 10.5 Å². The van der Waals surface area contributed by atoms with Crippen molar-refractivity contribution >= 4 is 21.7 Å². The highest BCUT2D eigenvalue weighted by Crippen LogP contribution is 2.33. The lowest BCUT2D eigenvalue weighted by atomic mass is 9.95. The summed E-state index contributed by atoms with van der Waals surface area (Å²) in [5, 5.41) is 0. The molecular formula is C16H18BrN3O. The number of ether oxygens (including phenoxy) is 1. The third-order valence-electron chi connectivity index (χ3n) is 3.71. The van der Waals surface area contributed by atoms with Crippen LogP contribution in [0.5, 0.6) is 5.75 Å². The minimum atomic E-state index is 0.146. The second-order valence-electron chi connectivity index (χ2n) is 5.64. The summed E-state index contributed by atoms with van der Waals surface area (Å²) in [5.74, 6) is 2.67. The lowest BCUT2D eigenvalue weighted by Crippen LogP contribution is -2.22. The maximum absolute atomic E-state index is 6.02. The Labute approximate surface area is 132 Å². The van der Waals surface area contributed by atoms with Crippen molar-refractivity contribution in [1.82, 2.24) is 9.97 Å². The molecule has 5 heteroatoms. The van der Waals surface area contributed by atoms with Gasteiger partial charge in [-0.05, 0) is 39.9 Å². The standard InChI is InChI=1S/C16H18BrN3O/c1-9(2)14-13(17)15(18)20-16(19-14)11-7-10-5-3-4-6-12(10)21-8-11/h3-6,9,11H,7-8H2,1-2H3,(H2,18,19,20). The SMILES string of the molecule is CC(C)c1nc(C2COc3ccccc3C2)nc(N)c1Br. The third-order valence-corrected chi connectivity index (χ3v) is 4.52. The molecule has 2 aromatic rings. The number of anilines is 1. The van der Waals surface area contributed by atoms with Crippen LogP contribution in [0.3, 0.4) is 0 Å². The molecule has 0 bridgehead atoms. The molecule has 21 heavy (non-hydrogen) atoms. The van der Waals surface area contributed by atoms with E-state index in [1.54, 1.807) is 0 Å². The van der Waals surface area contributed by atoms with E-state index in [1.807, 2.05) is 18.2 Å². The quantitative estimate of drug-likeness (QED) is 0.900. The van der Waals surface area contributed by atoms with Crippen LogP contribution in [-0.2, 0) is 6.42 Å². The van der Waals surface area contributed by atoms with Gasteiger partial charge in [0.25, 0.3) is 0 Å². The van der Waals surface area contributed by atoms with E-state index in [0.29, 0.717) is 18.3 Å². The summed E-state index contributed by atoms with van der Waals surface area (Å²) in [4.78, 5) is 9.16. The summed E-state index contributed by atoms with van der Waals surface area (Å²) in [5.41, 5.74) is 8.18. The van der Waals surface area contributed by atoms with Gasteiger partial charge in [-0.25, -0.2) is 9.97 Å². The maximum atomic E-state index is 6.02. The van der Waals surface area contributed by atoms with Crippen molar-refractivity contribution < 1.29 is 4.74 Å². The van der Waals surface area contributed by atoms with Crippen molar-refractivity contribution in [2.45, 2.75) is 32.1 Å². The normalized spacial score (nSPS) is 17.4. The fourth-order valence-corrected chi connectivity index (χ4v) is 3.20. The first kappa shape index (κ1) is 14.3. The van der Waals surface area contributed by atoms with Crippen molar-refractivity contribution in [2.24, 2.45) is 0 Å². The highest BCUT2D eigenvalue weighted by molar-refractivity contribution is 9.10. The molecule has 0 aliphatic carbocycles. The highest BCUT2D eigenvalue weighted by atomic mass is 79.9. The molecule has 1 aliphatic rings. The van der Waals surface area contributed by atoms with Crippen LogP contribution in [0.15, 0.2) is 28.7 Å². The molecule has 4 nitrogen and oxygen atoms in total. The Hall–Kier alpha value is -1.62. The predicted octanol–water partition coefficient (Wildman–Crippen LogP) is 3.66. The van der Waals surface area contributed by atoms with Gasteiger partial charge in [-0.2, -0.15) is 0 Å². The number of rotatable bonds is 2. The van der Waals surface area contributed by atoms with Gasteiger partial charge >= 0.3 is 0 Å². The largest absolute Gasteiger partial charge is 0.493 e. The molecule has 110 valence electrons. The minimum Gasteiger partial charge on any atom is -0.493 e. The lowest BCUT2D eigenvalue weighted by molar-refractivity contribution is 0.257. The second-order valence-corrected chi connectivity index (χ2v) is 6.43. The molecule has 0 fully saturated rings. The summed E-state index contributed by atoms with van der Waals surface area (Å²) in [6, 6.07) is 8.11. The average Bonchev–Trinajstić information content (AvgIpc) is 2.49. The van der Waals surface area contributed by atoms with Crippen molar-refractivity contribution in [3.05, 3.63) is 45.8 Å². The number of para-hydroxylation sites is 1. The maximum Gasteiger partial charge on any atom is 0.141 e. The number of nitrogens with zero attached hydrogens (tertiary/aromatic N) is 2. The Morgan fingerprint density at radius 3 is 2.81 bits per heavy atom. The van der Waals surface area contributed by atoms with E-state index in [0.717, 1.165) is 28.2 Å². The first-order valence-electron chi connectivity index (χ1n) is 7.09. The number of benzene rings is 1. The summed E-state index contributed by atoms with van der Waals surface area (Å²) < 4.78 is 6.63. The smallest absolute Gasteiger partial charge is 0.141 e. The zero-order chi connectivity index (χ0) is 15.0. The van der Waals surface area contributed by atoms with Gasteiger partial charge < -0.3 is 10.5 Å². The number of hydrogen-bond donors (Lipinski definition) is 1. The Morgan fingerprint density at radius 2 is 2.05 bits per heavy atom. The molecule has 0 radical (unpaired) electrons. The fourth-order valence-electron chi connectivity index (χ4n) is 2.56. The van der Waals surface area contributed by atoms with Crippen LogP contribution in [-0.4, -0.2) is 16.6 Å². The van der Waals surface area contributed by atoms with Gasteiger partial charge in [0.05, 0.1) is 22.7 Å². The monoisotopic (exact) mass is 347 g/mol. The molecule has 1 aromatic carbocycles. The van der Waals surface area contributed by atoms with Crippen LogP contribution >= 0.6 is 15.9 Å². The first-order chi connectivity index (χ1) is 10.1. The fraction of sp³-hybridized carbons (Fsp3) is 0.375. The van der Waals surface area contributed by atoms with Gasteiger partial charge in [0.2, 0.25) is 0 Å². The molecule has 0 amide bonds. The average molecular weight is 348 g/mol. The van der Waals surface area contributed by atoms with Crippen LogP contribution in [0.1, 0.15) is 42.8 Å². The van der Waals surface area contributed by atoms with Gasteiger partial charge in [-0.15, -0.1) is 0 Å². The molecule has 2 heterocycles. The Morgan fingerprint density at radius 1 is 1.29 bits per heavy atom. The molecule has 1 aromatic heterocycles.